The predicted octanol–water partition coefficient (Wildman–Crippen LogP) is 0.509. The first-order valence-electron chi connectivity index (χ1n) is 5.57. The van der Waals surface area contributed by atoms with Crippen LogP contribution in [0.3, 0.4) is 0 Å². The van der Waals surface area contributed by atoms with Gasteiger partial charge in [-0.1, -0.05) is 6.92 Å². The number of aliphatic hydroxyl groups is 1. The van der Waals surface area contributed by atoms with Gasteiger partial charge in [-0.05, 0) is 20.3 Å². The molecule has 0 aromatic rings. The van der Waals surface area contributed by atoms with Crippen molar-refractivity contribution in [2.45, 2.75) is 32.7 Å². The molecule has 0 aliphatic heterocycles. The maximum Gasteiger partial charge on any atom is 0.317 e. The SMILES string of the molecule is CC(CCNC(=O)N(C)C(C)(C)CO)C(=O)O. The van der Waals surface area contributed by atoms with Gasteiger partial charge in [-0.2, -0.15) is 0 Å². The van der Waals surface area contributed by atoms with E-state index in [1.165, 1.54) is 4.90 Å². The first kappa shape index (κ1) is 15.7. The molecule has 100 valence electrons. The number of nitrogens with zero attached hydrogens (tertiary/aromatic N) is 1. The van der Waals surface area contributed by atoms with Gasteiger partial charge >= 0.3 is 12.0 Å². The molecule has 0 saturated heterocycles. The van der Waals surface area contributed by atoms with Crippen LogP contribution < -0.4 is 5.32 Å². The molecule has 0 aromatic heterocycles. The normalized spacial score (nSPS) is 13.0. The molecular formula is C11H22N2O4. The average Bonchev–Trinajstić information content (AvgIpc) is 2.27. The van der Waals surface area contributed by atoms with Gasteiger partial charge in [0, 0.05) is 13.6 Å². The van der Waals surface area contributed by atoms with E-state index < -0.39 is 17.4 Å². The summed E-state index contributed by atoms with van der Waals surface area (Å²) in [5.74, 6) is -1.35. The second-order valence-electron chi connectivity index (χ2n) is 4.79. The van der Waals surface area contributed by atoms with Crippen LogP contribution in [0.25, 0.3) is 0 Å². The maximum absolute atomic E-state index is 11.7. The molecule has 1 unspecified atom stereocenters. The summed E-state index contributed by atoms with van der Waals surface area (Å²) in [4.78, 5) is 23.6. The molecule has 0 aromatic carbocycles. The summed E-state index contributed by atoms with van der Waals surface area (Å²) >= 11 is 0. The van der Waals surface area contributed by atoms with E-state index in [0.717, 1.165) is 0 Å². The molecule has 0 spiro atoms. The summed E-state index contributed by atoms with van der Waals surface area (Å²) < 4.78 is 0. The molecule has 1 atom stereocenters. The average molecular weight is 246 g/mol. The highest BCUT2D eigenvalue weighted by Gasteiger charge is 2.26. The van der Waals surface area contributed by atoms with Crippen LogP contribution in [0.1, 0.15) is 27.2 Å². The van der Waals surface area contributed by atoms with Crippen LogP contribution in [0.5, 0.6) is 0 Å². The summed E-state index contributed by atoms with van der Waals surface area (Å²) in [7, 11) is 1.59. The zero-order chi connectivity index (χ0) is 13.6. The molecule has 0 aliphatic rings. The minimum atomic E-state index is -0.872. The van der Waals surface area contributed by atoms with Crippen molar-refractivity contribution in [1.82, 2.24) is 10.2 Å². The van der Waals surface area contributed by atoms with Crippen LogP contribution in [-0.4, -0.2) is 52.9 Å². The van der Waals surface area contributed by atoms with Gasteiger partial charge in [-0.15, -0.1) is 0 Å². The van der Waals surface area contributed by atoms with Crippen LogP contribution in [0.2, 0.25) is 0 Å². The number of carboxylic acid groups (broad SMARTS) is 1. The molecule has 6 nitrogen and oxygen atoms in total. The third kappa shape index (κ3) is 5.04. The number of likely N-dealkylation sites (N-methyl/N-ethyl adjacent to an activating group) is 1. The molecule has 0 radical (unpaired) electrons. The molecule has 17 heavy (non-hydrogen) atoms. The van der Waals surface area contributed by atoms with Gasteiger partial charge in [0.25, 0.3) is 0 Å². The zero-order valence-corrected chi connectivity index (χ0v) is 10.9. The molecule has 0 saturated carbocycles. The van der Waals surface area contributed by atoms with E-state index in [4.69, 9.17) is 10.2 Å². The summed E-state index contributed by atoms with van der Waals surface area (Å²) in [5.41, 5.74) is -0.636. The zero-order valence-electron chi connectivity index (χ0n) is 10.9. The first-order valence-corrected chi connectivity index (χ1v) is 5.57. The fourth-order valence-corrected chi connectivity index (χ4v) is 1.02. The van der Waals surface area contributed by atoms with Crippen LogP contribution in [0, 0.1) is 5.92 Å². The van der Waals surface area contributed by atoms with Crippen LogP contribution in [-0.2, 0) is 4.79 Å². The highest BCUT2D eigenvalue weighted by Crippen LogP contribution is 2.10. The Morgan fingerprint density at radius 2 is 1.94 bits per heavy atom. The Balaban J connectivity index is 4.07. The van der Waals surface area contributed by atoms with Crippen molar-refractivity contribution in [3.63, 3.8) is 0 Å². The summed E-state index contributed by atoms with van der Waals surface area (Å²) in [6.07, 6.45) is 0.383. The van der Waals surface area contributed by atoms with Crippen molar-refractivity contribution in [2.24, 2.45) is 5.92 Å². The number of hydrogen-bond acceptors (Lipinski definition) is 3. The second-order valence-corrected chi connectivity index (χ2v) is 4.79. The lowest BCUT2D eigenvalue weighted by Gasteiger charge is -2.33. The minimum Gasteiger partial charge on any atom is -0.481 e. The Labute approximate surface area is 102 Å². The number of carboxylic acids is 1. The number of carbonyl (C=O) groups excluding carboxylic acids is 1. The van der Waals surface area contributed by atoms with Crippen molar-refractivity contribution in [1.29, 1.82) is 0 Å². The summed E-state index contributed by atoms with van der Waals surface area (Å²) in [6, 6.07) is -0.318. The highest BCUT2D eigenvalue weighted by atomic mass is 16.4. The van der Waals surface area contributed by atoms with Gasteiger partial charge in [0.2, 0.25) is 0 Å². The topological polar surface area (TPSA) is 89.9 Å². The molecule has 0 heterocycles. The molecule has 0 aliphatic carbocycles. The van der Waals surface area contributed by atoms with Crippen molar-refractivity contribution >= 4 is 12.0 Å². The van der Waals surface area contributed by atoms with Crippen LogP contribution in [0.15, 0.2) is 0 Å². The van der Waals surface area contributed by atoms with Gasteiger partial charge < -0.3 is 20.4 Å². The monoisotopic (exact) mass is 246 g/mol. The standard InChI is InChI=1S/C11H22N2O4/c1-8(9(15)16)5-6-12-10(17)13(4)11(2,3)7-14/h8,14H,5-7H2,1-4H3,(H,12,17)(H,15,16). The summed E-state index contributed by atoms with van der Waals surface area (Å²) in [5, 5.41) is 20.4. The van der Waals surface area contributed by atoms with E-state index in [1.54, 1.807) is 27.8 Å². The minimum absolute atomic E-state index is 0.136. The molecule has 6 heteroatoms. The second kappa shape index (κ2) is 6.44. The van der Waals surface area contributed by atoms with Crippen molar-refractivity contribution in [2.75, 3.05) is 20.2 Å². The fraction of sp³-hybridized carbons (Fsp3) is 0.818. The van der Waals surface area contributed by atoms with Gasteiger partial charge in [0.15, 0.2) is 0 Å². The number of aliphatic carboxylic acids is 1. The van der Waals surface area contributed by atoms with E-state index in [2.05, 4.69) is 5.32 Å². The Hall–Kier alpha value is -1.30. The van der Waals surface area contributed by atoms with E-state index in [9.17, 15) is 9.59 Å². The number of carbonyl (C=O) groups is 2. The Bertz CT molecular complexity index is 279. The van der Waals surface area contributed by atoms with Crippen LogP contribution in [0.4, 0.5) is 4.79 Å². The number of nitrogens with one attached hydrogen (secondary N) is 1. The molecule has 3 N–H and O–H groups in total. The van der Waals surface area contributed by atoms with Crippen molar-refractivity contribution < 1.29 is 19.8 Å². The predicted molar refractivity (Wildman–Crippen MR) is 63.7 cm³/mol. The largest absolute Gasteiger partial charge is 0.481 e. The van der Waals surface area contributed by atoms with Gasteiger partial charge in [0.1, 0.15) is 0 Å². The first-order chi connectivity index (χ1) is 7.72. The highest BCUT2D eigenvalue weighted by molar-refractivity contribution is 5.75. The molecule has 2 amide bonds. The van der Waals surface area contributed by atoms with E-state index in [-0.39, 0.29) is 12.6 Å². The molecular weight excluding hydrogens is 224 g/mol. The lowest BCUT2D eigenvalue weighted by atomic mass is 10.1. The van der Waals surface area contributed by atoms with E-state index in [1.807, 2.05) is 0 Å². The lowest BCUT2D eigenvalue weighted by molar-refractivity contribution is -0.141. The number of aliphatic hydroxyl groups excluding tert-OH is 1. The van der Waals surface area contributed by atoms with Gasteiger partial charge in [0.05, 0.1) is 18.1 Å². The Morgan fingerprint density at radius 1 is 1.41 bits per heavy atom. The Morgan fingerprint density at radius 3 is 2.35 bits per heavy atom. The third-order valence-electron chi connectivity index (χ3n) is 2.87. The maximum atomic E-state index is 11.7. The quantitative estimate of drug-likeness (QED) is 0.637. The smallest absolute Gasteiger partial charge is 0.317 e. The molecule has 0 bridgehead atoms. The number of urea groups is 1. The number of hydrogen-bond donors (Lipinski definition) is 3. The van der Waals surface area contributed by atoms with E-state index in [0.29, 0.717) is 13.0 Å². The van der Waals surface area contributed by atoms with Gasteiger partial charge in [-0.25, -0.2) is 4.79 Å². The van der Waals surface area contributed by atoms with Crippen molar-refractivity contribution in [3.8, 4) is 0 Å². The van der Waals surface area contributed by atoms with Crippen molar-refractivity contribution in [3.05, 3.63) is 0 Å². The lowest BCUT2D eigenvalue weighted by Crippen LogP contribution is -2.51. The van der Waals surface area contributed by atoms with E-state index >= 15 is 0 Å². The molecule has 0 fully saturated rings. The fourth-order valence-electron chi connectivity index (χ4n) is 1.02. The van der Waals surface area contributed by atoms with Crippen LogP contribution >= 0.6 is 0 Å². The summed E-state index contributed by atoms with van der Waals surface area (Å²) in [6.45, 7) is 5.25. The molecule has 0 rings (SSSR count). The third-order valence-corrected chi connectivity index (χ3v) is 2.87. The number of amides is 2. The Kier molecular flexibility index (Phi) is 5.95. The van der Waals surface area contributed by atoms with Gasteiger partial charge in [-0.3, -0.25) is 4.79 Å². The number of rotatable bonds is 6.